The third kappa shape index (κ3) is 4.50. The van der Waals surface area contributed by atoms with Crippen LogP contribution in [-0.4, -0.2) is 24.1 Å². The van der Waals surface area contributed by atoms with Crippen molar-refractivity contribution in [2.45, 2.75) is 60.2 Å². The van der Waals surface area contributed by atoms with E-state index in [-0.39, 0.29) is 0 Å². The zero-order chi connectivity index (χ0) is 14.6. The van der Waals surface area contributed by atoms with Gasteiger partial charge in [0.25, 0.3) is 0 Å². The molecule has 19 heavy (non-hydrogen) atoms. The van der Waals surface area contributed by atoms with E-state index in [4.69, 9.17) is 4.98 Å². The van der Waals surface area contributed by atoms with Gasteiger partial charge in [0.1, 0.15) is 5.82 Å². The quantitative estimate of drug-likeness (QED) is 0.853. The fourth-order valence-electron chi connectivity index (χ4n) is 1.93. The third-order valence-corrected chi connectivity index (χ3v) is 3.82. The van der Waals surface area contributed by atoms with Crippen LogP contribution in [0.3, 0.4) is 0 Å². The first-order valence-electron chi connectivity index (χ1n) is 7.25. The van der Waals surface area contributed by atoms with Gasteiger partial charge < -0.3 is 10.2 Å². The Morgan fingerprint density at radius 1 is 1.16 bits per heavy atom. The highest BCUT2D eigenvalue weighted by atomic mass is 15.2. The largest absolute Gasteiger partial charge is 0.357 e. The summed E-state index contributed by atoms with van der Waals surface area (Å²) in [4.78, 5) is 7.00. The summed E-state index contributed by atoms with van der Waals surface area (Å²) < 4.78 is 0. The van der Waals surface area contributed by atoms with Gasteiger partial charge in [0.15, 0.2) is 0 Å². The summed E-state index contributed by atoms with van der Waals surface area (Å²) in [6.07, 6.45) is 0. The van der Waals surface area contributed by atoms with Crippen molar-refractivity contribution < 1.29 is 0 Å². The molecule has 3 nitrogen and oxygen atoms in total. The van der Waals surface area contributed by atoms with E-state index in [0.29, 0.717) is 18.0 Å². The number of aryl methyl sites for hydroxylation is 1. The smallest absolute Gasteiger partial charge is 0.128 e. The van der Waals surface area contributed by atoms with Crippen LogP contribution in [0.1, 0.15) is 45.9 Å². The summed E-state index contributed by atoms with van der Waals surface area (Å²) in [6.45, 7) is 14.0. The maximum atomic E-state index is 4.74. The molecule has 0 radical (unpaired) electrons. The molecule has 0 aliphatic heterocycles. The molecule has 0 aliphatic carbocycles. The van der Waals surface area contributed by atoms with Crippen LogP contribution in [-0.2, 0) is 6.54 Å². The maximum absolute atomic E-state index is 4.74. The topological polar surface area (TPSA) is 28.2 Å². The van der Waals surface area contributed by atoms with E-state index in [2.05, 4.69) is 70.9 Å². The van der Waals surface area contributed by atoms with Crippen LogP contribution in [0.2, 0.25) is 0 Å². The van der Waals surface area contributed by atoms with E-state index >= 15 is 0 Å². The Balaban J connectivity index is 2.81. The van der Waals surface area contributed by atoms with Gasteiger partial charge in [0.05, 0.1) is 0 Å². The number of hydrogen-bond acceptors (Lipinski definition) is 3. The summed E-state index contributed by atoms with van der Waals surface area (Å²) in [5.74, 6) is 1.68. The first-order chi connectivity index (χ1) is 8.82. The first-order valence-corrected chi connectivity index (χ1v) is 7.25. The third-order valence-electron chi connectivity index (χ3n) is 3.82. The van der Waals surface area contributed by atoms with Crippen molar-refractivity contribution in [3.05, 3.63) is 23.4 Å². The Hall–Kier alpha value is -1.09. The molecule has 0 amide bonds. The molecule has 1 unspecified atom stereocenters. The zero-order valence-corrected chi connectivity index (χ0v) is 13.5. The van der Waals surface area contributed by atoms with E-state index in [1.165, 1.54) is 5.56 Å². The Bertz CT molecular complexity index is 399. The number of hydrogen-bond donors (Lipinski definition) is 1. The lowest BCUT2D eigenvalue weighted by molar-refractivity contribution is 0.502. The number of aromatic nitrogens is 1. The lowest BCUT2D eigenvalue weighted by atomic mass is 10.1. The SMILES string of the molecule is Cc1nc(N(C)C(C)C(C)C)ccc1CNC(C)C. The van der Waals surface area contributed by atoms with Crippen molar-refractivity contribution >= 4 is 5.82 Å². The lowest BCUT2D eigenvalue weighted by Crippen LogP contribution is -2.34. The predicted molar refractivity (Wildman–Crippen MR) is 83.7 cm³/mol. The highest BCUT2D eigenvalue weighted by molar-refractivity contribution is 5.41. The summed E-state index contributed by atoms with van der Waals surface area (Å²) in [5.41, 5.74) is 2.40. The summed E-state index contributed by atoms with van der Waals surface area (Å²) >= 11 is 0. The average Bonchev–Trinajstić information content (AvgIpc) is 2.35. The maximum Gasteiger partial charge on any atom is 0.128 e. The Kier molecular flexibility index (Phi) is 5.80. The molecule has 1 atom stereocenters. The number of nitrogens with zero attached hydrogens (tertiary/aromatic N) is 2. The van der Waals surface area contributed by atoms with Gasteiger partial charge in [0.2, 0.25) is 0 Å². The second-order valence-corrected chi connectivity index (χ2v) is 6.05. The van der Waals surface area contributed by atoms with Crippen LogP contribution in [0.5, 0.6) is 0 Å². The van der Waals surface area contributed by atoms with Gasteiger partial charge in [-0.15, -0.1) is 0 Å². The van der Waals surface area contributed by atoms with Gasteiger partial charge in [-0.05, 0) is 31.4 Å². The van der Waals surface area contributed by atoms with Gasteiger partial charge in [-0.2, -0.15) is 0 Å². The molecule has 1 aromatic heterocycles. The molecule has 1 rings (SSSR count). The highest BCUT2D eigenvalue weighted by Crippen LogP contribution is 2.19. The molecule has 0 aromatic carbocycles. The fraction of sp³-hybridized carbons (Fsp3) is 0.688. The van der Waals surface area contributed by atoms with E-state index < -0.39 is 0 Å². The average molecular weight is 263 g/mol. The van der Waals surface area contributed by atoms with Crippen LogP contribution in [0, 0.1) is 12.8 Å². The van der Waals surface area contributed by atoms with Crippen molar-refractivity contribution in [1.82, 2.24) is 10.3 Å². The highest BCUT2D eigenvalue weighted by Gasteiger charge is 2.15. The first kappa shape index (κ1) is 16.0. The van der Waals surface area contributed by atoms with E-state index in [1.807, 2.05) is 0 Å². The minimum atomic E-state index is 0.492. The van der Waals surface area contributed by atoms with Crippen molar-refractivity contribution in [2.75, 3.05) is 11.9 Å². The molecule has 0 saturated carbocycles. The Morgan fingerprint density at radius 3 is 2.26 bits per heavy atom. The molecule has 0 aliphatic rings. The minimum absolute atomic E-state index is 0.492. The molecule has 3 heteroatoms. The van der Waals surface area contributed by atoms with Crippen molar-refractivity contribution in [3.63, 3.8) is 0 Å². The lowest BCUT2D eigenvalue weighted by Gasteiger charge is -2.29. The Morgan fingerprint density at radius 2 is 1.79 bits per heavy atom. The second kappa shape index (κ2) is 6.90. The zero-order valence-electron chi connectivity index (χ0n) is 13.5. The second-order valence-electron chi connectivity index (χ2n) is 6.05. The number of rotatable bonds is 6. The number of pyridine rings is 1. The van der Waals surface area contributed by atoms with Crippen LogP contribution >= 0.6 is 0 Å². The fourth-order valence-corrected chi connectivity index (χ4v) is 1.93. The van der Waals surface area contributed by atoms with Crippen LogP contribution in [0.25, 0.3) is 0 Å². The van der Waals surface area contributed by atoms with Gasteiger partial charge in [0, 0.05) is 31.4 Å². The molecule has 1 aromatic rings. The molecular weight excluding hydrogens is 234 g/mol. The normalized spacial score (nSPS) is 13.1. The molecule has 108 valence electrons. The molecule has 1 N–H and O–H groups in total. The van der Waals surface area contributed by atoms with E-state index in [1.54, 1.807) is 0 Å². The monoisotopic (exact) mass is 263 g/mol. The molecule has 0 saturated heterocycles. The van der Waals surface area contributed by atoms with Crippen LogP contribution in [0.4, 0.5) is 5.82 Å². The summed E-state index contributed by atoms with van der Waals surface area (Å²) in [5, 5.41) is 3.44. The van der Waals surface area contributed by atoms with Gasteiger partial charge in [-0.25, -0.2) is 4.98 Å². The van der Waals surface area contributed by atoms with Gasteiger partial charge >= 0.3 is 0 Å². The minimum Gasteiger partial charge on any atom is -0.357 e. The van der Waals surface area contributed by atoms with Crippen molar-refractivity contribution in [1.29, 1.82) is 0 Å². The molecule has 0 spiro atoms. The van der Waals surface area contributed by atoms with Crippen LogP contribution in [0.15, 0.2) is 12.1 Å². The molecular formula is C16H29N3. The van der Waals surface area contributed by atoms with Crippen molar-refractivity contribution in [3.8, 4) is 0 Å². The summed E-state index contributed by atoms with van der Waals surface area (Å²) in [7, 11) is 2.12. The molecule has 0 fully saturated rings. The number of nitrogens with one attached hydrogen (secondary N) is 1. The van der Waals surface area contributed by atoms with E-state index in [0.717, 1.165) is 18.1 Å². The number of anilines is 1. The van der Waals surface area contributed by atoms with Gasteiger partial charge in [-0.1, -0.05) is 33.8 Å². The standard InChI is InChI=1S/C16H29N3/c1-11(2)14(6)19(7)16-9-8-15(13(5)18-16)10-17-12(3)4/h8-9,11-12,14,17H,10H2,1-7H3. The predicted octanol–water partition coefficient (Wildman–Crippen LogP) is 3.37. The van der Waals surface area contributed by atoms with E-state index in [9.17, 15) is 0 Å². The molecule has 0 bridgehead atoms. The molecule has 1 heterocycles. The Labute approximate surface area is 118 Å². The summed E-state index contributed by atoms with van der Waals surface area (Å²) in [6, 6.07) is 5.31. The van der Waals surface area contributed by atoms with Gasteiger partial charge in [-0.3, -0.25) is 0 Å². The van der Waals surface area contributed by atoms with Crippen LogP contribution < -0.4 is 10.2 Å². The van der Waals surface area contributed by atoms with Crippen molar-refractivity contribution in [2.24, 2.45) is 5.92 Å².